The predicted octanol–water partition coefficient (Wildman–Crippen LogP) is 2.85. The number of aromatic nitrogens is 1. The first kappa shape index (κ1) is 12.5. The maximum absolute atomic E-state index is 11.6. The lowest BCUT2D eigenvalue weighted by molar-refractivity contribution is 0.0600. The highest BCUT2D eigenvalue weighted by Gasteiger charge is 2.13. The zero-order chi connectivity index (χ0) is 13.1. The van der Waals surface area contributed by atoms with Gasteiger partial charge in [0.15, 0.2) is 0 Å². The monoisotopic (exact) mass is 247 g/mol. The van der Waals surface area contributed by atoms with Gasteiger partial charge in [0.1, 0.15) is 5.75 Å². The second-order valence-electron chi connectivity index (χ2n) is 3.93. The van der Waals surface area contributed by atoms with Crippen molar-refractivity contribution in [2.45, 2.75) is 20.4 Å². The van der Waals surface area contributed by atoms with E-state index in [0.717, 1.165) is 23.2 Å². The highest BCUT2D eigenvalue weighted by molar-refractivity contribution is 5.97. The van der Waals surface area contributed by atoms with E-state index in [-0.39, 0.29) is 5.97 Å². The van der Waals surface area contributed by atoms with E-state index in [4.69, 9.17) is 9.47 Å². The summed E-state index contributed by atoms with van der Waals surface area (Å²) in [5.41, 5.74) is 1.51. The summed E-state index contributed by atoms with van der Waals surface area (Å²) in [4.78, 5) is 11.6. The minimum absolute atomic E-state index is 0.346. The molecular formula is C14H17NO3. The largest absolute Gasteiger partial charge is 0.493 e. The number of fused-ring (bicyclic) bond motifs is 1. The molecule has 2 rings (SSSR count). The maximum atomic E-state index is 11.6. The highest BCUT2D eigenvalue weighted by Crippen LogP contribution is 2.29. The van der Waals surface area contributed by atoms with Crippen LogP contribution in [0.15, 0.2) is 24.4 Å². The smallest absolute Gasteiger partial charge is 0.338 e. The minimum Gasteiger partial charge on any atom is -0.493 e. The van der Waals surface area contributed by atoms with Crippen LogP contribution < -0.4 is 4.74 Å². The van der Waals surface area contributed by atoms with Crippen LogP contribution >= 0.6 is 0 Å². The number of rotatable bonds is 4. The third-order valence-corrected chi connectivity index (χ3v) is 2.91. The Morgan fingerprint density at radius 1 is 1.33 bits per heavy atom. The SMILES string of the molecule is CCOc1cc(C(=O)OC)cc2c1ccn2CC. The molecule has 0 saturated carbocycles. The summed E-state index contributed by atoms with van der Waals surface area (Å²) in [7, 11) is 1.38. The number of carbonyl (C=O) groups is 1. The zero-order valence-corrected chi connectivity index (χ0v) is 10.9. The molecule has 0 aliphatic carbocycles. The molecule has 0 radical (unpaired) electrons. The van der Waals surface area contributed by atoms with E-state index in [2.05, 4.69) is 11.5 Å². The molecule has 0 N–H and O–H groups in total. The maximum Gasteiger partial charge on any atom is 0.338 e. The molecule has 1 heterocycles. The number of ether oxygens (including phenoxy) is 2. The Labute approximate surface area is 106 Å². The van der Waals surface area contributed by atoms with Crippen LogP contribution in [0.2, 0.25) is 0 Å². The van der Waals surface area contributed by atoms with Gasteiger partial charge in [-0.1, -0.05) is 0 Å². The quantitative estimate of drug-likeness (QED) is 0.780. The van der Waals surface area contributed by atoms with Crippen molar-refractivity contribution in [3.8, 4) is 5.75 Å². The van der Waals surface area contributed by atoms with Gasteiger partial charge in [-0.25, -0.2) is 4.79 Å². The van der Waals surface area contributed by atoms with Crippen LogP contribution in [-0.4, -0.2) is 24.3 Å². The van der Waals surface area contributed by atoms with Gasteiger partial charge in [0.2, 0.25) is 0 Å². The van der Waals surface area contributed by atoms with E-state index in [1.165, 1.54) is 7.11 Å². The summed E-state index contributed by atoms with van der Waals surface area (Å²) in [5.74, 6) is 0.379. The standard InChI is InChI=1S/C14H17NO3/c1-4-15-7-6-11-12(15)8-10(14(16)17-3)9-13(11)18-5-2/h6-9H,4-5H2,1-3H3. The summed E-state index contributed by atoms with van der Waals surface area (Å²) >= 11 is 0. The van der Waals surface area contributed by atoms with Crippen molar-refractivity contribution < 1.29 is 14.3 Å². The Hall–Kier alpha value is -1.97. The molecule has 0 aliphatic heterocycles. The van der Waals surface area contributed by atoms with E-state index in [1.807, 2.05) is 25.3 Å². The molecule has 2 aromatic rings. The Balaban J connectivity index is 2.64. The van der Waals surface area contributed by atoms with Crippen LogP contribution in [0.25, 0.3) is 10.9 Å². The fourth-order valence-corrected chi connectivity index (χ4v) is 2.05. The van der Waals surface area contributed by atoms with Crippen LogP contribution in [0, 0.1) is 0 Å². The first-order chi connectivity index (χ1) is 8.71. The molecule has 0 amide bonds. The summed E-state index contributed by atoms with van der Waals surface area (Å²) in [6.07, 6.45) is 1.99. The molecule has 96 valence electrons. The minimum atomic E-state index is -0.346. The van der Waals surface area contributed by atoms with E-state index in [9.17, 15) is 4.79 Å². The third-order valence-electron chi connectivity index (χ3n) is 2.91. The van der Waals surface area contributed by atoms with Gasteiger partial charge in [0.25, 0.3) is 0 Å². The lowest BCUT2D eigenvalue weighted by Crippen LogP contribution is -2.03. The van der Waals surface area contributed by atoms with Gasteiger partial charge in [-0.3, -0.25) is 0 Å². The van der Waals surface area contributed by atoms with Gasteiger partial charge < -0.3 is 14.0 Å². The van der Waals surface area contributed by atoms with Gasteiger partial charge in [-0.15, -0.1) is 0 Å². The second-order valence-corrected chi connectivity index (χ2v) is 3.93. The van der Waals surface area contributed by atoms with Crippen molar-refractivity contribution >= 4 is 16.9 Å². The van der Waals surface area contributed by atoms with Crippen molar-refractivity contribution in [2.24, 2.45) is 0 Å². The lowest BCUT2D eigenvalue weighted by atomic mass is 10.1. The normalized spacial score (nSPS) is 10.6. The highest BCUT2D eigenvalue weighted by atomic mass is 16.5. The summed E-state index contributed by atoms with van der Waals surface area (Å²) in [6, 6.07) is 5.58. The molecule has 0 saturated heterocycles. The number of carbonyl (C=O) groups excluding carboxylic acids is 1. The molecule has 4 heteroatoms. The Morgan fingerprint density at radius 2 is 2.11 bits per heavy atom. The van der Waals surface area contributed by atoms with Gasteiger partial charge >= 0.3 is 5.97 Å². The molecule has 4 nitrogen and oxygen atoms in total. The van der Waals surface area contributed by atoms with Crippen molar-refractivity contribution in [1.82, 2.24) is 4.57 Å². The third kappa shape index (κ3) is 2.06. The van der Waals surface area contributed by atoms with Crippen molar-refractivity contribution in [2.75, 3.05) is 13.7 Å². The average Bonchev–Trinajstić information content (AvgIpc) is 2.81. The van der Waals surface area contributed by atoms with Gasteiger partial charge in [0.05, 0.1) is 24.8 Å². The van der Waals surface area contributed by atoms with Crippen LogP contribution in [-0.2, 0) is 11.3 Å². The Bertz CT molecular complexity index is 572. The van der Waals surface area contributed by atoms with Crippen molar-refractivity contribution in [3.05, 3.63) is 30.0 Å². The van der Waals surface area contributed by atoms with E-state index in [0.29, 0.717) is 12.2 Å². The zero-order valence-electron chi connectivity index (χ0n) is 10.9. The molecule has 1 aromatic heterocycles. The van der Waals surface area contributed by atoms with Gasteiger partial charge in [0, 0.05) is 18.1 Å². The summed E-state index contributed by atoms with van der Waals surface area (Å²) in [5, 5.41) is 1.02. The fraction of sp³-hybridized carbons (Fsp3) is 0.357. The van der Waals surface area contributed by atoms with Crippen molar-refractivity contribution in [1.29, 1.82) is 0 Å². The van der Waals surface area contributed by atoms with Crippen molar-refractivity contribution in [3.63, 3.8) is 0 Å². The van der Waals surface area contributed by atoms with E-state index < -0.39 is 0 Å². The van der Waals surface area contributed by atoms with Crippen LogP contribution in [0.3, 0.4) is 0 Å². The van der Waals surface area contributed by atoms with Crippen LogP contribution in [0.5, 0.6) is 5.75 Å². The first-order valence-corrected chi connectivity index (χ1v) is 6.05. The molecule has 0 spiro atoms. The first-order valence-electron chi connectivity index (χ1n) is 6.05. The number of benzene rings is 1. The molecule has 0 fully saturated rings. The molecule has 0 aliphatic rings. The van der Waals surface area contributed by atoms with E-state index in [1.54, 1.807) is 6.07 Å². The van der Waals surface area contributed by atoms with Crippen LogP contribution in [0.4, 0.5) is 0 Å². The number of nitrogens with zero attached hydrogens (tertiary/aromatic N) is 1. The molecule has 1 aromatic carbocycles. The lowest BCUT2D eigenvalue weighted by Gasteiger charge is -2.09. The Kier molecular flexibility index (Phi) is 3.55. The fourth-order valence-electron chi connectivity index (χ4n) is 2.05. The summed E-state index contributed by atoms with van der Waals surface area (Å²) < 4.78 is 12.4. The predicted molar refractivity (Wildman–Crippen MR) is 70.1 cm³/mol. The van der Waals surface area contributed by atoms with Gasteiger partial charge in [-0.05, 0) is 32.0 Å². The topological polar surface area (TPSA) is 40.5 Å². The van der Waals surface area contributed by atoms with Gasteiger partial charge in [-0.2, -0.15) is 0 Å². The summed E-state index contributed by atoms with van der Waals surface area (Å²) in [6.45, 7) is 5.40. The second kappa shape index (κ2) is 5.12. The number of aryl methyl sites for hydroxylation is 1. The number of hydrogen-bond donors (Lipinski definition) is 0. The molecule has 0 bridgehead atoms. The molecule has 18 heavy (non-hydrogen) atoms. The van der Waals surface area contributed by atoms with E-state index >= 15 is 0 Å². The van der Waals surface area contributed by atoms with Crippen LogP contribution in [0.1, 0.15) is 24.2 Å². The average molecular weight is 247 g/mol. The number of methoxy groups -OCH3 is 1. The Morgan fingerprint density at radius 3 is 2.72 bits per heavy atom. The number of esters is 1. The molecule has 0 unspecified atom stereocenters. The number of hydrogen-bond acceptors (Lipinski definition) is 3. The molecular weight excluding hydrogens is 230 g/mol. The molecule has 0 atom stereocenters.